The van der Waals surface area contributed by atoms with Gasteiger partial charge in [-0.2, -0.15) is 5.26 Å². The van der Waals surface area contributed by atoms with Crippen LogP contribution in [0.3, 0.4) is 0 Å². The van der Waals surface area contributed by atoms with Crippen molar-refractivity contribution in [2.24, 2.45) is 0 Å². The van der Waals surface area contributed by atoms with Gasteiger partial charge in [0.2, 0.25) is 0 Å². The van der Waals surface area contributed by atoms with Crippen LogP contribution in [0.4, 0.5) is 4.39 Å². The Morgan fingerprint density at radius 3 is 2.57 bits per heavy atom. The first-order valence-corrected chi connectivity index (χ1v) is 6.54. The number of rotatable bonds is 3. The van der Waals surface area contributed by atoms with Crippen LogP contribution >= 0.6 is 23.2 Å². The van der Waals surface area contributed by atoms with Crippen molar-refractivity contribution < 1.29 is 9.18 Å². The molecule has 0 unspecified atom stereocenters. The maximum atomic E-state index is 12.9. The number of hydrogen-bond acceptors (Lipinski definition) is 3. The van der Waals surface area contributed by atoms with Gasteiger partial charge in [-0.3, -0.25) is 4.79 Å². The molecule has 21 heavy (non-hydrogen) atoms. The molecule has 0 saturated heterocycles. The van der Waals surface area contributed by atoms with E-state index in [4.69, 9.17) is 28.5 Å². The Bertz CT molecular complexity index is 713. The lowest BCUT2D eigenvalue weighted by molar-refractivity contribution is 0.0945. The van der Waals surface area contributed by atoms with E-state index in [2.05, 4.69) is 10.3 Å². The Hall–Kier alpha value is -2.16. The number of nitrogens with one attached hydrogen (secondary N) is 1. The Balaban J connectivity index is 2.18. The van der Waals surface area contributed by atoms with E-state index in [-0.39, 0.29) is 15.7 Å². The quantitative estimate of drug-likeness (QED) is 0.879. The number of carbonyl (C=O) groups is 1. The SMILES string of the molecule is N#C[C@@H](NC(=O)c1cnc(Cl)c(Cl)c1)c1ccc(F)cc1. The molecule has 1 aromatic carbocycles. The maximum Gasteiger partial charge on any atom is 0.254 e. The van der Waals surface area contributed by atoms with E-state index in [0.29, 0.717) is 5.56 Å². The molecule has 0 radical (unpaired) electrons. The average Bonchev–Trinajstić information content (AvgIpc) is 2.48. The Morgan fingerprint density at radius 1 is 1.33 bits per heavy atom. The van der Waals surface area contributed by atoms with Gasteiger partial charge in [0, 0.05) is 6.20 Å². The summed E-state index contributed by atoms with van der Waals surface area (Å²) in [5.74, 6) is -0.951. The Labute approximate surface area is 130 Å². The van der Waals surface area contributed by atoms with Crippen molar-refractivity contribution in [2.75, 3.05) is 0 Å². The number of nitrogens with zero attached hydrogens (tertiary/aromatic N) is 2. The van der Waals surface area contributed by atoms with Crippen LogP contribution in [0.5, 0.6) is 0 Å². The summed E-state index contributed by atoms with van der Waals surface area (Å²) in [7, 11) is 0. The number of carbonyl (C=O) groups excluding carboxylic acids is 1. The fourth-order valence-corrected chi connectivity index (χ4v) is 1.87. The number of hydrogen-bond donors (Lipinski definition) is 1. The number of amides is 1. The van der Waals surface area contributed by atoms with Crippen LogP contribution < -0.4 is 5.32 Å². The zero-order valence-corrected chi connectivity index (χ0v) is 12.0. The second kappa shape index (κ2) is 6.53. The molecule has 1 atom stereocenters. The monoisotopic (exact) mass is 323 g/mol. The Morgan fingerprint density at radius 2 is 2.00 bits per heavy atom. The molecule has 4 nitrogen and oxygen atoms in total. The Kier molecular flexibility index (Phi) is 4.73. The van der Waals surface area contributed by atoms with Crippen molar-refractivity contribution in [2.45, 2.75) is 6.04 Å². The van der Waals surface area contributed by atoms with E-state index in [0.717, 1.165) is 0 Å². The van der Waals surface area contributed by atoms with Gasteiger partial charge in [-0.05, 0) is 23.8 Å². The molecule has 1 N–H and O–H groups in total. The van der Waals surface area contributed by atoms with Crippen LogP contribution in [-0.4, -0.2) is 10.9 Å². The molecule has 2 aromatic rings. The number of halogens is 3. The third-order valence-corrected chi connectivity index (χ3v) is 3.35. The highest BCUT2D eigenvalue weighted by atomic mass is 35.5. The molecular formula is C14H8Cl2FN3O. The summed E-state index contributed by atoms with van der Waals surface area (Å²) in [6.07, 6.45) is 1.25. The molecule has 106 valence electrons. The van der Waals surface area contributed by atoms with Crippen LogP contribution in [0.2, 0.25) is 10.2 Å². The van der Waals surface area contributed by atoms with Gasteiger partial charge in [0.1, 0.15) is 17.0 Å². The van der Waals surface area contributed by atoms with Crippen LogP contribution in [0.25, 0.3) is 0 Å². The summed E-state index contributed by atoms with van der Waals surface area (Å²) < 4.78 is 12.9. The predicted octanol–water partition coefficient (Wildman–Crippen LogP) is 3.52. The first-order valence-electron chi connectivity index (χ1n) is 5.78. The predicted molar refractivity (Wildman–Crippen MR) is 76.5 cm³/mol. The second-order valence-corrected chi connectivity index (χ2v) is 4.85. The summed E-state index contributed by atoms with van der Waals surface area (Å²) >= 11 is 11.4. The minimum Gasteiger partial charge on any atom is -0.332 e. The minimum atomic E-state index is -0.910. The van der Waals surface area contributed by atoms with Gasteiger partial charge < -0.3 is 5.32 Å². The molecular weight excluding hydrogens is 316 g/mol. The number of pyridine rings is 1. The van der Waals surface area contributed by atoms with Crippen LogP contribution in [-0.2, 0) is 0 Å². The number of benzene rings is 1. The molecule has 1 heterocycles. The van der Waals surface area contributed by atoms with E-state index < -0.39 is 17.8 Å². The summed E-state index contributed by atoms with van der Waals surface area (Å²) in [6, 6.07) is 7.66. The highest BCUT2D eigenvalue weighted by Crippen LogP contribution is 2.20. The first kappa shape index (κ1) is 15.2. The zero-order chi connectivity index (χ0) is 15.4. The van der Waals surface area contributed by atoms with Gasteiger partial charge in [0.15, 0.2) is 0 Å². The van der Waals surface area contributed by atoms with Gasteiger partial charge in [0.25, 0.3) is 5.91 Å². The molecule has 0 bridgehead atoms. The lowest BCUT2D eigenvalue weighted by Crippen LogP contribution is -2.27. The summed E-state index contributed by atoms with van der Waals surface area (Å²) in [6.45, 7) is 0. The van der Waals surface area contributed by atoms with Crippen LogP contribution in [0, 0.1) is 17.1 Å². The van der Waals surface area contributed by atoms with E-state index >= 15 is 0 Å². The largest absolute Gasteiger partial charge is 0.332 e. The summed E-state index contributed by atoms with van der Waals surface area (Å²) in [5.41, 5.74) is 0.645. The van der Waals surface area contributed by atoms with E-state index in [9.17, 15) is 9.18 Å². The van der Waals surface area contributed by atoms with Crippen LogP contribution in [0.15, 0.2) is 36.5 Å². The molecule has 2 rings (SSSR count). The lowest BCUT2D eigenvalue weighted by atomic mass is 10.1. The van der Waals surface area contributed by atoms with E-state index in [1.807, 2.05) is 6.07 Å². The molecule has 0 fully saturated rings. The van der Waals surface area contributed by atoms with Crippen LogP contribution in [0.1, 0.15) is 22.0 Å². The van der Waals surface area contributed by atoms with Crippen molar-refractivity contribution in [1.29, 1.82) is 5.26 Å². The van der Waals surface area contributed by atoms with Crippen molar-refractivity contribution >= 4 is 29.1 Å². The fourth-order valence-electron chi connectivity index (χ4n) is 1.61. The van der Waals surface area contributed by atoms with Crippen molar-refractivity contribution in [3.8, 4) is 6.07 Å². The van der Waals surface area contributed by atoms with Gasteiger partial charge in [-0.1, -0.05) is 35.3 Å². The average molecular weight is 324 g/mol. The second-order valence-electron chi connectivity index (χ2n) is 4.08. The third-order valence-electron chi connectivity index (χ3n) is 2.67. The summed E-state index contributed by atoms with van der Waals surface area (Å²) in [5, 5.41) is 11.8. The lowest BCUT2D eigenvalue weighted by Gasteiger charge is -2.12. The third kappa shape index (κ3) is 3.69. The molecule has 1 amide bonds. The van der Waals surface area contributed by atoms with E-state index in [1.165, 1.54) is 36.5 Å². The molecule has 7 heteroatoms. The van der Waals surface area contributed by atoms with Crippen molar-refractivity contribution in [1.82, 2.24) is 10.3 Å². The molecule has 0 saturated carbocycles. The highest BCUT2D eigenvalue weighted by Gasteiger charge is 2.16. The topological polar surface area (TPSA) is 65.8 Å². The highest BCUT2D eigenvalue weighted by molar-refractivity contribution is 6.41. The normalized spacial score (nSPS) is 11.5. The van der Waals surface area contributed by atoms with Gasteiger partial charge in [-0.15, -0.1) is 0 Å². The molecule has 0 aliphatic carbocycles. The minimum absolute atomic E-state index is 0.0867. The molecule has 0 spiro atoms. The number of aromatic nitrogens is 1. The zero-order valence-electron chi connectivity index (χ0n) is 10.5. The number of nitriles is 1. The fraction of sp³-hybridized carbons (Fsp3) is 0.0714. The van der Waals surface area contributed by atoms with Gasteiger partial charge >= 0.3 is 0 Å². The summed E-state index contributed by atoms with van der Waals surface area (Å²) in [4.78, 5) is 15.8. The standard InChI is InChI=1S/C14H8Cl2FN3O/c15-11-5-9(7-19-13(11)16)14(21)20-12(6-18)8-1-3-10(17)4-2-8/h1-5,7,12H,(H,20,21)/t12-/m1/s1. The first-order chi connectivity index (χ1) is 10.0. The van der Waals surface area contributed by atoms with Gasteiger partial charge in [0.05, 0.1) is 16.7 Å². The van der Waals surface area contributed by atoms with E-state index in [1.54, 1.807) is 0 Å². The smallest absolute Gasteiger partial charge is 0.254 e. The van der Waals surface area contributed by atoms with Crippen molar-refractivity contribution in [3.63, 3.8) is 0 Å². The molecule has 0 aliphatic rings. The molecule has 0 aliphatic heterocycles. The maximum absolute atomic E-state index is 12.9. The van der Waals surface area contributed by atoms with Crippen molar-refractivity contribution in [3.05, 3.63) is 63.6 Å². The van der Waals surface area contributed by atoms with Gasteiger partial charge in [-0.25, -0.2) is 9.37 Å². The molecule has 1 aromatic heterocycles.